The molecule has 2 rings (SSSR count). The molecule has 0 aromatic heterocycles. The molecule has 0 fully saturated rings. The lowest BCUT2D eigenvalue weighted by molar-refractivity contribution is -0.144. The first-order valence-corrected chi connectivity index (χ1v) is 7.16. The van der Waals surface area contributed by atoms with Gasteiger partial charge in [0.1, 0.15) is 11.8 Å². The second-order valence-electron chi connectivity index (χ2n) is 5.13. The minimum absolute atomic E-state index is 0.0815. The van der Waals surface area contributed by atoms with E-state index >= 15 is 0 Å². The minimum Gasteiger partial charge on any atom is -0.508 e. The average molecular weight is 331 g/mol. The maximum absolute atomic E-state index is 11.3. The summed E-state index contributed by atoms with van der Waals surface area (Å²) < 4.78 is 0. The number of hydrogen-bond donors (Lipinski definition) is 4. The zero-order chi connectivity index (χ0) is 17.5. The van der Waals surface area contributed by atoms with Gasteiger partial charge in [-0.3, -0.25) is 9.63 Å². The van der Waals surface area contributed by atoms with Crippen molar-refractivity contribution in [2.24, 2.45) is 0 Å². The van der Waals surface area contributed by atoms with E-state index in [0.717, 1.165) is 0 Å². The number of aromatic carboxylic acids is 1. The SMILES string of the molecule is O=C(O)c1ccccc1CON[C@@H](Cc1ccc(O)cc1)C(=O)O. The molecule has 0 saturated carbocycles. The number of phenolic OH excluding ortho intramolecular Hbond substituents is 1. The van der Waals surface area contributed by atoms with Gasteiger partial charge >= 0.3 is 11.9 Å². The summed E-state index contributed by atoms with van der Waals surface area (Å²) in [4.78, 5) is 27.6. The molecule has 0 radical (unpaired) electrons. The van der Waals surface area contributed by atoms with E-state index in [4.69, 9.17) is 9.94 Å². The van der Waals surface area contributed by atoms with Crippen molar-refractivity contribution in [3.05, 3.63) is 65.2 Å². The molecule has 2 aromatic rings. The molecule has 2 aromatic carbocycles. The predicted molar refractivity (Wildman–Crippen MR) is 84.6 cm³/mol. The molecule has 0 aliphatic rings. The van der Waals surface area contributed by atoms with E-state index in [1.807, 2.05) is 0 Å². The third-order valence-electron chi connectivity index (χ3n) is 3.38. The number of benzene rings is 2. The van der Waals surface area contributed by atoms with E-state index in [-0.39, 0.29) is 24.3 Å². The van der Waals surface area contributed by atoms with Crippen LogP contribution in [0.3, 0.4) is 0 Å². The van der Waals surface area contributed by atoms with Crippen LogP contribution >= 0.6 is 0 Å². The van der Waals surface area contributed by atoms with Crippen LogP contribution in [0.1, 0.15) is 21.5 Å². The quantitative estimate of drug-likeness (QED) is 0.545. The van der Waals surface area contributed by atoms with Crippen LogP contribution in [-0.2, 0) is 22.7 Å². The summed E-state index contributed by atoms with van der Waals surface area (Å²) in [6, 6.07) is 11.5. The first kappa shape index (κ1) is 17.5. The van der Waals surface area contributed by atoms with Gasteiger partial charge in [-0.2, -0.15) is 5.48 Å². The lowest BCUT2D eigenvalue weighted by Crippen LogP contribution is -2.38. The number of rotatable bonds is 8. The fourth-order valence-corrected chi connectivity index (χ4v) is 2.12. The molecule has 0 aliphatic heterocycles. The Morgan fingerprint density at radius 3 is 2.33 bits per heavy atom. The Morgan fingerprint density at radius 2 is 1.71 bits per heavy atom. The molecular weight excluding hydrogens is 314 g/mol. The van der Waals surface area contributed by atoms with Crippen molar-refractivity contribution in [1.29, 1.82) is 0 Å². The van der Waals surface area contributed by atoms with Crippen LogP contribution in [0, 0.1) is 0 Å². The van der Waals surface area contributed by atoms with Crippen LogP contribution in [-0.4, -0.2) is 33.3 Å². The van der Waals surface area contributed by atoms with Crippen LogP contribution in [0.15, 0.2) is 48.5 Å². The molecule has 0 unspecified atom stereocenters. The van der Waals surface area contributed by atoms with E-state index in [1.165, 1.54) is 18.2 Å². The Hall–Kier alpha value is -2.90. The van der Waals surface area contributed by atoms with Crippen LogP contribution in [0.5, 0.6) is 5.75 Å². The molecule has 24 heavy (non-hydrogen) atoms. The zero-order valence-corrected chi connectivity index (χ0v) is 12.7. The van der Waals surface area contributed by atoms with Crippen molar-refractivity contribution in [3.63, 3.8) is 0 Å². The van der Waals surface area contributed by atoms with Gasteiger partial charge in [-0.15, -0.1) is 0 Å². The monoisotopic (exact) mass is 331 g/mol. The number of hydroxylamine groups is 1. The molecule has 1 atom stereocenters. The number of carbonyl (C=O) groups is 2. The van der Waals surface area contributed by atoms with E-state index in [0.29, 0.717) is 11.1 Å². The van der Waals surface area contributed by atoms with E-state index in [2.05, 4.69) is 5.48 Å². The number of hydrogen-bond acceptors (Lipinski definition) is 5. The zero-order valence-electron chi connectivity index (χ0n) is 12.7. The number of aliphatic carboxylic acids is 1. The Labute approximate surface area is 138 Å². The second-order valence-corrected chi connectivity index (χ2v) is 5.13. The Balaban J connectivity index is 1.96. The van der Waals surface area contributed by atoms with Crippen molar-refractivity contribution in [2.45, 2.75) is 19.1 Å². The summed E-state index contributed by atoms with van der Waals surface area (Å²) >= 11 is 0. The fraction of sp³-hybridized carbons (Fsp3) is 0.176. The fourth-order valence-electron chi connectivity index (χ4n) is 2.12. The first-order chi connectivity index (χ1) is 11.5. The molecule has 7 nitrogen and oxygen atoms in total. The third kappa shape index (κ3) is 4.80. The summed E-state index contributed by atoms with van der Waals surface area (Å²) in [6.45, 7) is -0.0815. The van der Waals surface area contributed by atoms with Gasteiger partial charge in [-0.25, -0.2) is 4.79 Å². The van der Waals surface area contributed by atoms with E-state index < -0.39 is 18.0 Å². The largest absolute Gasteiger partial charge is 0.508 e. The van der Waals surface area contributed by atoms with Crippen molar-refractivity contribution < 1.29 is 29.7 Å². The van der Waals surface area contributed by atoms with Gasteiger partial charge in [-0.1, -0.05) is 30.3 Å². The molecule has 0 spiro atoms. The highest BCUT2D eigenvalue weighted by molar-refractivity contribution is 5.89. The maximum Gasteiger partial charge on any atom is 0.336 e. The Morgan fingerprint density at radius 1 is 1.04 bits per heavy atom. The topological polar surface area (TPSA) is 116 Å². The predicted octanol–water partition coefficient (Wildman–Crippen LogP) is 1.81. The lowest BCUT2D eigenvalue weighted by Gasteiger charge is -2.15. The Bertz CT molecular complexity index is 713. The second kappa shape index (κ2) is 8.09. The maximum atomic E-state index is 11.3. The van der Waals surface area contributed by atoms with E-state index in [9.17, 15) is 19.8 Å². The van der Waals surface area contributed by atoms with E-state index in [1.54, 1.807) is 30.3 Å². The summed E-state index contributed by atoms with van der Waals surface area (Å²) in [5.41, 5.74) is 3.69. The van der Waals surface area contributed by atoms with Crippen LogP contribution < -0.4 is 5.48 Å². The van der Waals surface area contributed by atoms with Gasteiger partial charge in [0.25, 0.3) is 0 Å². The molecule has 0 amide bonds. The molecule has 0 heterocycles. The molecule has 0 aliphatic carbocycles. The molecular formula is C17H17NO6. The smallest absolute Gasteiger partial charge is 0.336 e. The van der Waals surface area contributed by atoms with Crippen molar-refractivity contribution in [1.82, 2.24) is 5.48 Å². The first-order valence-electron chi connectivity index (χ1n) is 7.16. The highest BCUT2D eigenvalue weighted by atomic mass is 16.6. The number of carboxylic acid groups (broad SMARTS) is 2. The van der Waals surface area contributed by atoms with Gasteiger partial charge < -0.3 is 15.3 Å². The van der Waals surface area contributed by atoms with Crippen LogP contribution in [0.2, 0.25) is 0 Å². The molecule has 126 valence electrons. The summed E-state index contributed by atoms with van der Waals surface area (Å²) in [5, 5.41) is 27.6. The summed E-state index contributed by atoms with van der Waals surface area (Å²) in [6.07, 6.45) is 0.149. The number of phenols is 1. The van der Waals surface area contributed by atoms with Gasteiger partial charge in [0, 0.05) is 6.42 Å². The Kier molecular flexibility index (Phi) is 5.89. The molecule has 0 bridgehead atoms. The standard InChI is InChI=1S/C17H17NO6/c19-13-7-5-11(6-8-13)9-15(17(22)23)18-24-10-12-3-1-2-4-14(12)16(20)21/h1-8,15,18-19H,9-10H2,(H,20,21)(H,22,23)/t15-/m0/s1. The van der Waals surface area contributed by atoms with Crippen molar-refractivity contribution in [2.75, 3.05) is 0 Å². The molecule has 7 heteroatoms. The third-order valence-corrected chi connectivity index (χ3v) is 3.38. The number of aromatic hydroxyl groups is 1. The van der Waals surface area contributed by atoms with Crippen LogP contribution in [0.25, 0.3) is 0 Å². The average Bonchev–Trinajstić information content (AvgIpc) is 2.56. The number of carboxylic acids is 2. The van der Waals surface area contributed by atoms with Crippen molar-refractivity contribution in [3.8, 4) is 5.75 Å². The molecule has 0 saturated heterocycles. The highest BCUT2D eigenvalue weighted by Gasteiger charge is 2.18. The lowest BCUT2D eigenvalue weighted by atomic mass is 10.1. The summed E-state index contributed by atoms with van der Waals surface area (Å²) in [7, 11) is 0. The number of nitrogens with one attached hydrogen (secondary N) is 1. The normalized spacial score (nSPS) is 11.8. The van der Waals surface area contributed by atoms with Gasteiger partial charge in [0.2, 0.25) is 0 Å². The molecule has 4 N–H and O–H groups in total. The van der Waals surface area contributed by atoms with Gasteiger partial charge in [0.05, 0.1) is 12.2 Å². The van der Waals surface area contributed by atoms with Gasteiger partial charge in [-0.05, 0) is 29.3 Å². The minimum atomic E-state index is -1.10. The van der Waals surface area contributed by atoms with Crippen molar-refractivity contribution >= 4 is 11.9 Å². The summed E-state index contributed by atoms with van der Waals surface area (Å²) in [5.74, 6) is -2.08. The van der Waals surface area contributed by atoms with Gasteiger partial charge in [0.15, 0.2) is 0 Å². The van der Waals surface area contributed by atoms with Crippen LogP contribution in [0.4, 0.5) is 0 Å². The highest BCUT2D eigenvalue weighted by Crippen LogP contribution is 2.12.